The van der Waals surface area contributed by atoms with Crippen LogP contribution in [0.2, 0.25) is 0 Å². The molecule has 0 bridgehead atoms. The van der Waals surface area contributed by atoms with Crippen molar-refractivity contribution in [3.63, 3.8) is 0 Å². The second-order valence-electron chi connectivity index (χ2n) is 4.21. The fraction of sp³-hybridized carbons (Fsp3) is 0.143. The van der Waals surface area contributed by atoms with E-state index in [1.165, 1.54) is 0 Å². The summed E-state index contributed by atoms with van der Waals surface area (Å²) in [5.41, 5.74) is -0.318. The maximum absolute atomic E-state index is 12.7. The fourth-order valence-corrected chi connectivity index (χ4v) is 2.71. The smallest absolute Gasteiger partial charge is 0.258 e. The van der Waals surface area contributed by atoms with Crippen LogP contribution in [0.25, 0.3) is 0 Å². The molecule has 0 atom stereocenters. The van der Waals surface area contributed by atoms with E-state index in [2.05, 4.69) is 0 Å². The van der Waals surface area contributed by atoms with E-state index in [0.29, 0.717) is 5.75 Å². The van der Waals surface area contributed by atoms with Crippen molar-refractivity contribution in [3.05, 3.63) is 69.8 Å². The van der Waals surface area contributed by atoms with Crippen molar-refractivity contribution in [2.45, 2.75) is 16.8 Å². The molecular formula is C14H10F3NO2S. The topological polar surface area (TPSA) is 43.1 Å². The van der Waals surface area contributed by atoms with Gasteiger partial charge in [0.1, 0.15) is 0 Å². The molecule has 2 aromatic carbocycles. The molecule has 0 aliphatic rings. The minimum Gasteiger partial charge on any atom is -0.258 e. The SMILES string of the molecule is O=[N+]([O-])c1ccc(C(F)(F)F)cc1SCc1ccccc1. The van der Waals surface area contributed by atoms with Gasteiger partial charge in [-0.1, -0.05) is 30.3 Å². The Morgan fingerprint density at radius 2 is 1.76 bits per heavy atom. The van der Waals surface area contributed by atoms with Crippen LogP contribution in [0.4, 0.5) is 18.9 Å². The zero-order valence-corrected chi connectivity index (χ0v) is 11.4. The average Bonchev–Trinajstić information content (AvgIpc) is 2.45. The van der Waals surface area contributed by atoms with E-state index < -0.39 is 16.7 Å². The van der Waals surface area contributed by atoms with Crippen LogP contribution in [0.5, 0.6) is 0 Å². The normalized spacial score (nSPS) is 11.4. The number of rotatable bonds is 4. The molecule has 0 heterocycles. The summed E-state index contributed by atoms with van der Waals surface area (Å²) in [6, 6.07) is 11.5. The monoisotopic (exact) mass is 313 g/mol. The van der Waals surface area contributed by atoms with E-state index in [9.17, 15) is 23.3 Å². The van der Waals surface area contributed by atoms with Gasteiger partial charge in [0.05, 0.1) is 15.4 Å². The Bertz CT molecular complexity index is 644. The van der Waals surface area contributed by atoms with Crippen molar-refractivity contribution in [2.24, 2.45) is 0 Å². The molecule has 0 saturated carbocycles. The van der Waals surface area contributed by atoms with E-state index in [0.717, 1.165) is 35.5 Å². The lowest BCUT2D eigenvalue weighted by atomic mass is 10.2. The number of alkyl halides is 3. The van der Waals surface area contributed by atoms with Crippen LogP contribution < -0.4 is 0 Å². The fourth-order valence-electron chi connectivity index (χ4n) is 1.69. The molecule has 110 valence electrons. The minimum atomic E-state index is -4.52. The van der Waals surface area contributed by atoms with E-state index in [1.807, 2.05) is 18.2 Å². The summed E-state index contributed by atoms with van der Waals surface area (Å²) in [4.78, 5) is 10.2. The molecule has 2 rings (SSSR count). The van der Waals surface area contributed by atoms with Crippen molar-refractivity contribution < 1.29 is 18.1 Å². The lowest BCUT2D eigenvalue weighted by Crippen LogP contribution is -2.05. The third-order valence-corrected chi connectivity index (χ3v) is 3.84. The van der Waals surface area contributed by atoms with Gasteiger partial charge >= 0.3 is 6.18 Å². The van der Waals surface area contributed by atoms with Gasteiger partial charge in [0, 0.05) is 11.8 Å². The Hall–Kier alpha value is -2.02. The van der Waals surface area contributed by atoms with Crippen LogP contribution in [0.15, 0.2) is 53.4 Å². The first kappa shape index (κ1) is 15.4. The summed E-state index contributed by atoms with van der Waals surface area (Å²) in [6.45, 7) is 0. The molecular weight excluding hydrogens is 303 g/mol. The summed E-state index contributed by atoms with van der Waals surface area (Å²) >= 11 is 1.02. The molecule has 0 N–H and O–H groups in total. The van der Waals surface area contributed by atoms with Gasteiger partial charge in [0.2, 0.25) is 0 Å². The summed E-state index contributed by atoms with van der Waals surface area (Å²) in [6.07, 6.45) is -4.52. The molecule has 0 saturated heterocycles. The van der Waals surface area contributed by atoms with Gasteiger partial charge in [-0.2, -0.15) is 13.2 Å². The quantitative estimate of drug-likeness (QED) is 0.458. The van der Waals surface area contributed by atoms with E-state index in [-0.39, 0.29) is 10.6 Å². The van der Waals surface area contributed by atoms with Gasteiger partial charge in [-0.25, -0.2) is 0 Å². The lowest BCUT2D eigenvalue weighted by molar-refractivity contribution is -0.387. The zero-order valence-electron chi connectivity index (χ0n) is 10.6. The second kappa shape index (κ2) is 6.17. The molecule has 0 aliphatic heterocycles. The van der Waals surface area contributed by atoms with Gasteiger partial charge in [-0.05, 0) is 17.7 Å². The van der Waals surface area contributed by atoms with Crippen LogP contribution in [0.3, 0.4) is 0 Å². The third kappa shape index (κ3) is 3.98. The molecule has 0 aliphatic carbocycles. The van der Waals surface area contributed by atoms with Crippen LogP contribution in [-0.2, 0) is 11.9 Å². The van der Waals surface area contributed by atoms with Crippen molar-refractivity contribution in [2.75, 3.05) is 0 Å². The van der Waals surface area contributed by atoms with Crippen LogP contribution in [0.1, 0.15) is 11.1 Å². The maximum Gasteiger partial charge on any atom is 0.416 e. The summed E-state index contributed by atoms with van der Waals surface area (Å²) in [7, 11) is 0. The molecule has 2 aromatic rings. The first-order chi connectivity index (χ1) is 9.88. The van der Waals surface area contributed by atoms with Crippen molar-refractivity contribution in [1.29, 1.82) is 0 Å². The molecule has 21 heavy (non-hydrogen) atoms. The highest BCUT2D eigenvalue weighted by Gasteiger charge is 2.32. The van der Waals surface area contributed by atoms with Gasteiger partial charge in [0.25, 0.3) is 5.69 Å². The van der Waals surface area contributed by atoms with Crippen molar-refractivity contribution in [3.8, 4) is 0 Å². The predicted octanol–water partition coefficient (Wildman–Crippen LogP) is 4.91. The number of thioether (sulfide) groups is 1. The second-order valence-corrected chi connectivity index (χ2v) is 5.23. The summed E-state index contributed by atoms with van der Waals surface area (Å²) < 4.78 is 38.1. The highest BCUT2D eigenvalue weighted by molar-refractivity contribution is 7.98. The summed E-state index contributed by atoms with van der Waals surface area (Å²) in [5, 5.41) is 10.9. The maximum atomic E-state index is 12.7. The van der Waals surface area contributed by atoms with E-state index in [4.69, 9.17) is 0 Å². The number of benzene rings is 2. The Morgan fingerprint density at radius 3 is 2.33 bits per heavy atom. The molecule has 3 nitrogen and oxygen atoms in total. The number of halogens is 3. The Balaban J connectivity index is 2.29. The molecule has 0 unspecified atom stereocenters. The van der Waals surface area contributed by atoms with E-state index in [1.54, 1.807) is 12.1 Å². The molecule has 0 aromatic heterocycles. The van der Waals surface area contributed by atoms with Crippen LogP contribution in [0, 0.1) is 10.1 Å². The average molecular weight is 313 g/mol. The highest BCUT2D eigenvalue weighted by Crippen LogP contribution is 2.37. The molecule has 7 heteroatoms. The summed E-state index contributed by atoms with van der Waals surface area (Å²) in [5.74, 6) is 0.364. The predicted molar refractivity (Wildman–Crippen MR) is 74.1 cm³/mol. The Morgan fingerprint density at radius 1 is 1.10 bits per heavy atom. The molecule has 0 amide bonds. The van der Waals surface area contributed by atoms with E-state index >= 15 is 0 Å². The first-order valence-corrected chi connectivity index (χ1v) is 6.89. The zero-order chi connectivity index (χ0) is 15.5. The number of hydrogen-bond acceptors (Lipinski definition) is 3. The minimum absolute atomic E-state index is 0.0127. The first-order valence-electron chi connectivity index (χ1n) is 5.90. The van der Waals surface area contributed by atoms with Gasteiger partial charge in [-0.15, -0.1) is 11.8 Å². The standard InChI is InChI=1S/C14H10F3NO2S/c15-14(16,17)11-6-7-12(18(19)20)13(8-11)21-9-10-4-2-1-3-5-10/h1-8H,9H2. The van der Waals surface area contributed by atoms with Crippen molar-refractivity contribution in [1.82, 2.24) is 0 Å². The number of nitro groups is 1. The number of hydrogen-bond donors (Lipinski definition) is 0. The third-order valence-electron chi connectivity index (χ3n) is 2.72. The van der Waals surface area contributed by atoms with Gasteiger partial charge in [-0.3, -0.25) is 10.1 Å². The number of nitro benzene ring substituents is 1. The van der Waals surface area contributed by atoms with Crippen LogP contribution in [-0.4, -0.2) is 4.92 Å². The Kier molecular flexibility index (Phi) is 4.52. The Labute approximate surface area is 122 Å². The largest absolute Gasteiger partial charge is 0.416 e. The highest BCUT2D eigenvalue weighted by atomic mass is 32.2. The number of nitrogens with zero attached hydrogens (tertiary/aromatic N) is 1. The molecule has 0 fully saturated rings. The van der Waals surface area contributed by atoms with Gasteiger partial charge in [0.15, 0.2) is 0 Å². The van der Waals surface area contributed by atoms with Crippen molar-refractivity contribution >= 4 is 17.4 Å². The van der Waals surface area contributed by atoms with Gasteiger partial charge < -0.3 is 0 Å². The molecule has 0 radical (unpaired) electrons. The lowest BCUT2D eigenvalue weighted by Gasteiger charge is -2.09. The molecule has 0 spiro atoms. The van der Waals surface area contributed by atoms with Crippen LogP contribution >= 0.6 is 11.8 Å².